The van der Waals surface area contributed by atoms with Gasteiger partial charge in [-0.3, -0.25) is 4.90 Å². The van der Waals surface area contributed by atoms with Crippen molar-refractivity contribution in [2.24, 2.45) is 0 Å². The maximum Gasteiger partial charge on any atom is 0.123 e. The predicted molar refractivity (Wildman–Crippen MR) is 68.2 cm³/mol. The van der Waals surface area contributed by atoms with Crippen molar-refractivity contribution in [2.45, 2.75) is 25.3 Å². The van der Waals surface area contributed by atoms with Crippen LogP contribution in [0.3, 0.4) is 0 Å². The van der Waals surface area contributed by atoms with E-state index in [2.05, 4.69) is 4.90 Å². The van der Waals surface area contributed by atoms with Gasteiger partial charge in [0.05, 0.1) is 7.11 Å². The Hall–Kier alpha value is -1.13. The number of rotatable bonds is 5. The molecule has 0 saturated carbocycles. The summed E-state index contributed by atoms with van der Waals surface area (Å²) in [6.07, 6.45) is 2.94. The first-order valence-electron chi connectivity index (χ1n) is 6.44. The van der Waals surface area contributed by atoms with Gasteiger partial charge < -0.3 is 9.84 Å². The molecule has 0 bridgehead atoms. The largest absolute Gasteiger partial charge is 0.496 e. The summed E-state index contributed by atoms with van der Waals surface area (Å²) in [6, 6.07) is 4.63. The lowest BCUT2D eigenvalue weighted by atomic mass is 10.0. The van der Waals surface area contributed by atoms with E-state index in [9.17, 15) is 9.50 Å². The van der Waals surface area contributed by atoms with E-state index in [0.717, 1.165) is 18.7 Å². The number of benzene rings is 1. The molecular weight excluding hydrogens is 233 g/mol. The number of hydrogen-bond donors (Lipinski definition) is 1. The second-order valence-corrected chi connectivity index (χ2v) is 4.66. The van der Waals surface area contributed by atoms with E-state index in [-0.39, 0.29) is 18.5 Å². The van der Waals surface area contributed by atoms with Gasteiger partial charge in [-0.05, 0) is 50.6 Å². The minimum Gasteiger partial charge on any atom is -0.496 e. The van der Waals surface area contributed by atoms with Crippen molar-refractivity contribution in [1.82, 2.24) is 4.90 Å². The van der Waals surface area contributed by atoms with Crippen LogP contribution in [0.1, 0.15) is 30.9 Å². The van der Waals surface area contributed by atoms with E-state index in [1.54, 1.807) is 13.2 Å². The zero-order valence-electron chi connectivity index (χ0n) is 10.7. The van der Waals surface area contributed by atoms with Crippen LogP contribution in [-0.2, 0) is 0 Å². The molecule has 1 aromatic carbocycles. The molecule has 18 heavy (non-hydrogen) atoms. The number of methoxy groups -OCH3 is 1. The second-order valence-electron chi connectivity index (χ2n) is 4.66. The van der Waals surface area contributed by atoms with E-state index in [4.69, 9.17) is 4.74 Å². The quantitative estimate of drug-likeness (QED) is 0.874. The fourth-order valence-corrected chi connectivity index (χ4v) is 2.68. The molecule has 3 nitrogen and oxygen atoms in total. The van der Waals surface area contributed by atoms with Crippen molar-refractivity contribution in [2.75, 3.05) is 26.8 Å². The van der Waals surface area contributed by atoms with E-state index in [0.29, 0.717) is 12.2 Å². The SMILES string of the molecule is COc1ccc(F)cc1C(CCO)N1CCCC1. The number of ether oxygens (including phenoxy) is 1. The first-order chi connectivity index (χ1) is 8.76. The summed E-state index contributed by atoms with van der Waals surface area (Å²) in [4.78, 5) is 2.30. The lowest BCUT2D eigenvalue weighted by Crippen LogP contribution is -2.27. The van der Waals surface area contributed by atoms with Crippen molar-refractivity contribution < 1.29 is 14.2 Å². The minimum absolute atomic E-state index is 0.0446. The van der Waals surface area contributed by atoms with Gasteiger partial charge in [0, 0.05) is 18.2 Å². The molecule has 4 heteroatoms. The molecular formula is C14H20FNO2. The number of aliphatic hydroxyl groups is 1. The van der Waals surface area contributed by atoms with Gasteiger partial charge in [-0.1, -0.05) is 0 Å². The fourth-order valence-electron chi connectivity index (χ4n) is 2.68. The van der Waals surface area contributed by atoms with Crippen molar-refractivity contribution >= 4 is 0 Å². The number of likely N-dealkylation sites (tertiary alicyclic amines) is 1. The number of hydrogen-bond acceptors (Lipinski definition) is 3. The van der Waals surface area contributed by atoms with Crippen molar-refractivity contribution in [1.29, 1.82) is 0 Å². The van der Waals surface area contributed by atoms with Crippen LogP contribution < -0.4 is 4.74 Å². The summed E-state index contributed by atoms with van der Waals surface area (Å²) in [5.74, 6) is 0.440. The monoisotopic (exact) mass is 253 g/mol. The molecule has 1 aliphatic rings. The summed E-state index contributed by atoms with van der Waals surface area (Å²) in [7, 11) is 1.59. The molecule has 1 heterocycles. The Morgan fingerprint density at radius 2 is 2.11 bits per heavy atom. The Morgan fingerprint density at radius 1 is 1.39 bits per heavy atom. The molecule has 1 N–H and O–H groups in total. The van der Waals surface area contributed by atoms with Gasteiger partial charge in [0.15, 0.2) is 0 Å². The maximum absolute atomic E-state index is 13.4. The Balaban J connectivity index is 2.31. The Bertz CT molecular complexity index is 391. The van der Waals surface area contributed by atoms with Crippen LogP contribution in [0.4, 0.5) is 4.39 Å². The first-order valence-corrected chi connectivity index (χ1v) is 6.44. The van der Waals surface area contributed by atoms with E-state index in [1.165, 1.54) is 25.0 Å². The molecule has 1 aliphatic heterocycles. The molecule has 0 aliphatic carbocycles. The van der Waals surface area contributed by atoms with Gasteiger partial charge in [-0.25, -0.2) is 4.39 Å². The Labute approximate surface area is 107 Å². The average molecular weight is 253 g/mol. The average Bonchev–Trinajstić information content (AvgIpc) is 2.89. The number of nitrogens with zero attached hydrogens (tertiary/aromatic N) is 1. The van der Waals surface area contributed by atoms with Gasteiger partial charge >= 0.3 is 0 Å². The highest BCUT2D eigenvalue weighted by atomic mass is 19.1. The first kappa shape index (κ1) is 13.3. The minimum atomic E-state index is -0.257. The third kappa shape index (κ3) is 2.82. The van der Waals surface area contributed by atoms with Gasteiger partial charge in [0.25, 0.3) is 0 Å². The molecule has 1 saturated heterocycles. The Morgan fingerprint density at radius 3 is 2.72 bits per heavy atom. The third-order valence-corrected chi connectivity index (χ3v) is 3.53. The standard InChI is InChI=1S/C14H20FNO2/c1-18-14-5-4-11(15)10-12(14)13(6-9-17)16-7-2-3-8-16/h4-5,10,13,17H,2-3,6-9H2,1H3. The predicted octanol–water partition coefficient (Wildman–Crippen LogP) is 2.35. The van der Waals surface area contributed by atoms with Crippen LogP contribution in [0.2, 0.25) is 0 Å². The topological polar surface area (TPSA) is 32.7 Å². The van der Waals surface area contributed by atoms with Crippen LogP contribution >= 0.6 is 0 Å². The molecule has 1 atom stereocenters. The van der Waals surface area contributed by atoms with Crippen LogP contribution in [0.15, 0.2) is 18.2 Å². The van der Waals surface area contributed by atoms with Crippen LogP contribution in [0.5, 0.6) is 5.75 Å². The summed E-state index contributed by atoms with van der Waals surface area (Å²) in [6.45, 7) is 2.11. The van der Waals surface area contributed by atoms with E-state index in [1.807, 2.05) is 0 Å². The molecule has 0 radical (unpaired) electrons. The molecule has 1 aromatic rings. The zero-order valence-corrected chi connectivity index (χ0v) is 10.7. The van der Waals surface area contributed by atoms with Crippen LogP contribution in [0.25, 0.3) is 0 Å². The highest BCUT2D eigenvalue weighted by molar-refractivity contribution is 5.36. The van der Waals surface area contributed by atoms with Crippen molar-refractivity contribution in [3.8, 4) is 5.75 Å². The molecule has 1 fully saturated rings. The lowest BCUT2D eigenvalue weighted by Gasteiger charge is -2.28. The van der Waals surface area contributed by atoms with Gasteiger partial charge in [-0.2, -0.15) is 0 Å². The van der Waals surface area contributed by atoms with E-state index < -0.39 is 0 Å². The van der Waals surface area contributed by atoms with Gasteiger partial charge in [-0.15, -0.1) is 0 Å². The normalized spacial score (nSPS) is 17.9. The van der Waals surface area contributed by atoms with Crippen LogP contribution in [-0.4, -0.2) is 36.8 Å². The molecule has 2 rings (SSSR count). The summed E-state index contributed by atoms with van der Waals surface area (Å²) >= 11 is 0. The van der Waals surface area contributed by atoms with Gasteiger partial charge in [0.2, 0.25) is 0 Å². The third-order valence-electron chi connectivity index (χ3n) is 3.53. The number of aliphatic hydroxyl groups excluding tert-OH is 1. The zero-order chi connectivity index (χ0) is 13.0. The summed E-state index contributed by atoms with van der Waals surface area (Å²) in [5, 5.41) is 9.23. The van der Waals surface area contributed by atoms with Crippen molar-refractivity contribution in [3.05, 3.63) is 29.6 Å². The highest BCUT2D eigenvalue weighted by Crippen LogP contribution is 2.34. The van der Waals surface area contributed by atoms with E-state index >= 15 is 0 Å². The molecule has 0 amide bonds. The summed E-state index contributed by atoms with van der Waals surface area (Å²) < 4.78 is 18.7. The molecule has 1 unspecified atom stereocenters. The molecule has 100 valence electrons. The lowest BCUT2D eigenvalue weighted by molar-refractivity contribution is 0.182. The molecule has 0 spiro atoms. The molecule has 0 aromatic heterocycles. The highest BCUT2D eigenvalue weighted by Gasteiger charge is 2.25. The maximum atomic E-state index is 13.4. The van der Waals surface area contributed by atoms with Gasteiger partial charge in [0.1, 0.15) is 11.6 Å². The smallest absolute Gasteiger partial charge is 0.123 e. The van der Waals surface area contributed by atoms with Crippen molar-refractivity contribution in [3.63, 3.8) is 0 Å². The number of halogens is 1. The second kappa shape index (κ2) is 6.16. The fraction of sp³-hybridized carbons (Fsp3) is 0.571. The summed E-state index contributed by atoms with van der Waals surface area (Å²) in [5.41, 5.74) is 0.841. The van der Waals surface area contributed by atoms with Crippen LogP contribution in [0, 0.1) is 5.82 Å². The Kier molecular flexibility index (Phi) is 4.55.